The Morgan fingerprint density at radius 2 is 0.710 bits per heavy atom. The molecule has 0 saturated carbocycles. The Bertz CT molecular complexity index is 281. The molecule has 0 aliphatic heterocycles. The third-order valence-corrected chi connectivity index (χ3v) is 6.69. The van der Waals surface area contributed by atoms with Crippen LogP contribution in [0.15, 0.2) is 0 Å². The SMILES string of the molecule is CCCCCCCCCCCCN(CCCCCCCCCCCC)CCNCCC. The van der Waals surface area contributed by atoms with Crippen LogP contribution in [0.2, 0.25) is 0 Å². The van der Waals surface area contributed by atoms with Crippen LogP contribution in [0.1, 0.15) is 156 Å². The average molecular weight is 439 g/mol. The largest absolute Gasteiger partial charge is 0.315 e. The molecule has 0 radical (unpaired) electrons. The Morgan fingerprint density at radius 1 is 0.355 bits per heavy atom. The standard InChI is InChI=1S/C29H62N2/c1-4-7-9-11-13-15-17-19-21-23-27-31(29-26-30-25-6-3)28-24-22-20-18-16-14-12-10-8-5-2/h30H,4-29H2,1-3H3. The molecule has 2 nitrogen and oxygen atoms in total. The van der Waals surface area contributed by atoms with Gasteiger partial charge in [0.2, 0.25) is 0 Å². The van der Waals surface area contributed by atoms with Crippen molar-refractivity contribution in [2.75, 3.05) is 32.7 Å². The predicted octanol–water partition coefficient (Wildman–Crippen LogP) is 9.13. The van der Waals surface area contributed by atoms with Gasteiger partial charge in [0.05, 0.1) is 0 Å². The van der Waals surface area contributed by atoms with Crippen LogP contribution in [-0.4, -0.2) is 37.6 Å². The lowest BCUT2D eigenvalue weighted by Crippen LogP contribution is -2.34. The van der Waals surface area contributed by atoms with Gasteiger partial charge in [-0.05, 0) is 38.9 Å². The molecule has 0 aliphatic carbocycles. The van der Waals surface area contributed by atoms with E-state index in [0.29, 0.717) is 0 Å². The first-order chi connectivity index (χ1) is 15.3. The van der Waals surface area contributed by atoms with E-state index in [0.717, 1.165) is 0 Å². The van der Waals surface area contributed by atoms with E-state index in [1.807, 2.05) is 0 Å². The summed E-state index contributed by atoms with van der Waals surface area (Å²) in [6.07, 6.45) is 30.0. The van der Waals surface area contributed by atoms with Crippen molar-refractivity contribution in [3.05, 3.63) is 0 Å². The minimum absolute atomic E-state index is 1.17. The van der Waals surface area contributed by atoms with Crippen molar-refractivity contribution in [1.82, 2.24) is 10.2 Å². The minimum Gasteiger partial charge on any atom is -0.315 e. The first kappa shape index (κ1) is 30.9. The fourth-order valence-corrected chi connectivity index (χ4v) is 4.52. The van der Waals surface area contributed by atoms with Crippen LogP contribution >= 0.6 is 0 Å². The van der Waals surface area contributed by atoms with Gasteiger partial charge in [-0.2, -0.15) is 0 Å². The van der Waals surface area contributed by atoms with Gasteiger partial charge in [0.1, 0.15) is 0 Å². The zero-order valence-electron chi connectivity index (χ0n) is 22.3. The number of rotatable bonds is 27. The molecule has 0 bridgehead atoms. The highest BCUT2D eigenvalue weighted by Gasteiger charge is 2.04. The summed E-state index contributed by atoms with van der Waals surface area (Å²) in [6.45, 7) is 13.1. The summed E-state index contributed by atoms with van der Waals surface area (Å²) < 4.78 is 0. The van der Waals surface area contributed by atoms with Gasteiger partial charge >= 0.3 is 0 Å². The highest BCUT2D eigenvalue weighted by molar-refractivity contribution is 4.62. The van der Waals surface area contributed by atoms with Crippen molar-refractivity contribution >= 4 is 0 Å². The number of nitrogens with zero attached hydrogens (tertiary/aromatic N) is 1. The molecule has 0 spiro atoms. The summed E-state index contributed by atoms with van der Waals surface area (Å²) in [4.78, 5) is 2.75. The summed E-state index contributed by atoms with van der Waals surface area (Å²) in [5.41, 5.74) is 0. The quantitative estimate of drug-likeness (QED) is 0.129. The molecule has 188 valence electrons. The Morgan fingerprint density at radius 3 is 1.06 bits per heavy atom. The van der Waals surface area contributed by atoms with Crippen LogP contribution in [0.25, 0.3) is 0 Å². The summed E-state index contributed by atoms with van der Waals surface area (Å²) >= 11 is 0. The third kappa shape index (κ3) is 26.1. The Kier molecular flexibility index (Phi) is 27.9. The second kappa shape index (κ2) is 28.0. The van der Waals surface area contributed by atoms with E-state index in [-0.39, 0.29) is 0 Å². The Hall–Kier alpha value is -0.0800. The zero-order valence-corrected chi connectivity index (χ0v) is 22.3. The summed E-state index contributed by atoms with van der Waals surface area (Å²) in [5.74, 6) is 0. The monoisotopic (exact) mass is 438 g/mol. The van der Waals surface area contributed by atoms with Crippen LogP contribution in [0.5, 0.6) is 0 Å². The van der Waals surface area contributed by atoms with Gasteiger partial charge in [-0.3, -0.25) is 0 Å². The maximum absolute atomic E-state index is 3.60. The Labute approximate surface area is 198 Å². The molecular weight excluding hydrogens is 376 g/mol. The second-order valence-electron chi connectivity index (χ2n) is 9.96. The molecule has 0 atom stereocenters. The van der Waals surface area contributed by atoms with E-state index in [9.17, 15) is 0 Å². The minimum atomic E-state index is 1.17. The van der Waals surface area contributed by atoms with Crippen molar-refractivity contribution in [3.8, 4) is 0 Å². The fourth-order valence-electron chi connectivity index (χ4n) is 4.52. The van der Waals surface area contributed by atoms with Crippen LogP contribution in [-0.2, 0) is 0 Å². The molecule has 31 heavy (non-hydrogen) atoms. The van der Waals surface area contributed by atoms with Crippen LogP contribution in [0, 0.1) is 0 Å². The fraction of sp³-hybridized carbons (Fsp3) is 1.00. The van der Waals surface area contributed by atoms with E-state index >= 15 is 0 Å². The van der Waals surface area contributed by atoms with E-state index < -0.39 is 0 Å². The number of nitrogens with one attached hydrogen (secondary N) is 1. The first-order valence-corrected chi connectivity index (χ1v) is 14.8. The van der Waals surface area contributed by atoms with Crippen molar-refractivity contribution in [2.45, 2.75) is 156 Å². The van der Waals surface area contributed by atoms with Gasteiger partial charge in [0.15, 0.2) is 0 Å². The van der Waals surface area contributed by atoms with Gasteiger partial charge in [-0.1, -0.05) is 136 Å². The normalized spacial score (nSPS) is 11.6. The first-order valence-electron chi connectivity index (χ1n) is 14.8. The van der Waals surface area contributed by atoms with Crippen molar-refractivity contribution in [3.63, 3.8) is 0 Å². The summed E-state index contributed by atoms with van der Waals surface area (Å²) in [7, 11) is 0. The molecule has 0 aromatic heterocycles. The average Bonchev–Trinajstić information content (AvgIpc) is 2.78. The van der Waals surface area contributed by atoms with Crippen molar-refractivity contribution < 1.29 is 0 Å². The molecule has 1 N–H and O–H groups in total. The maximum atomic E-state index is 3.60. The van der Waals surface area contributed by atoms with Gasteiger partial charge in [-0.25, -0.2) is 0 Å². The Balaban J connectivity index is 3.68. The van der Waals surface area contributed by atoms with Crippen LogP contribution in [0.3, 0.4) is 0 Å². The van der Waals surface area contributed by atoms with Gasteiger partial charge in [0.25, 0.3) is 0 Å². The molecule has 0 aliphatic rings. The molecule has 0 rings (SSSR count). The summed E-state index contributed by atoms with van der Waals surface area (Å²) in [5, 5.41) is 3.60. The lowest BCUT2D eigenvalue weighted by atomic mass is 10.1. The van der Waals surface area contributed by atoms with Crippen molar-refractivity contribution in [2.24, 2.45) is 0 Å². The van der Waals surface area contributed by atoms with Crippen molar-refractivity contribution in [1.29, 1.82) is 0 Å². The third-order valence-electron chi connectivity index (χ3n) is 6.69. The van der Waals surface area contributed by atoms with E-state index in [2.05, 4.69) is 31.0 Å². The highest BCUT2D eigenvalue weighted by atomic mass is 15.1. The van der Waals surface area contributed by atoms with Gasteiger partial charge in [-0.15, -0.1) is 0 Å². The molecule has 0 aromatic rings. The van der Waals surface area contributed by atoms with Gasteiger partial charge < -0.3 is 10.2 Å². The molecule has 0 amide bonds. The van der Waals surface area contributed by atoms with E-state index in [4.69, 9.17) is 0 Å². The molecule has 0 saturated heterocycles. The number of unbranched alkanes of at least 4 members (excludes halogenated alkanes) is 18. The number of hydrogen-bond acceptors (Lipinski definition) is 2. The molecular formula is C29H62N2. The zero-order chi connectivity index (χ0) is 22.7. The molecule has 2 heteroatoms. The molecule has 0 heterocycles. The molecule has 0 fully saturated rings. The lowest BCUT2D eigenvalue weighted by molar-refractivity contribution is 0.260. The molecule has 0 aromatic carbocycles. The van der Waals surface area contributed by atoms with Gasteiger partial charge in [0, 0.05) is 13.1 Å². The summed E-state index contributed by atoms with van der Waals surface area (Å²) in [6, 6.07) is 0. The maximum Gasteiger partial charge on any atom is 0.0107 e. The smallest absolute Gasteiger partial charge is 0.0107 e. The second-order valence-corrected chi connectivity index (χ2v) is 9.96. The van der Waals surface area contributed by atoms with Crippen LogP contribution < -0.4 is 5.32 Å². The van der Waals surface area contributed by atoms with Crippen LogP contribution in [0.4, 0.5) is 0 Å². The topological polar surface area (TPSA) is 15.3 Å². The highest BCUT2D eigenvalue weighted by Crippen LogP contribution is 2.12. The molecule has 0 unspecified atom stereocenters. The van der Waals surface area contributed by atoms with E-state index in [1.165, 1.54) is 168 Å². The predicted molar refractivity (Wildman–Crippen MR) is 143 cm³/mol. The van der Waals surface area contributed by atoms with E-state index in [1.54, 1.807) is 0 Å². The number of hydrogen-bond donors (Lipinski definition) is 1. The lowest BCUT2D eigenvalue weighted by Gasteiger charge is -2.22.